The maximum atomic E-state index is 6.05. The second-order valence-electron chi connectivity index (χ2n) is 5.24. The van der Waals surface area contributed by atoms with Gasteiger partial charge in [-0.05, 0) is 36.4 Å². The maximum Gasteiger partial charge on any atom is 0.225 e. The minimum atomic E-state index is 0.347. The van der Waals surface area contributed by atoms with Crippen LogP contribution in [-0.2, 0) is 0 Å². The lowest BCUT2D eigenvalue weighted by Gasteiger charge is -2.38. The third kappa shape index (κ3) is 2.62. The first kappa shape index (κ1) is 14.0. The van der Waals surface area contributed by atoms with Gasteiger partial charge >= 0.3 is 0 Å². The van der Waals surface area contributed by atoms with E-state index >= 15 is 0 Å². The van der Waals surface area contributed by atoms with E-state index in [1.807, 2.05) is 0 Å². The minimum Gasteiger partial charge on any atom is -0.353 e. The van der Waals surface area contributed by atoms with Crippen molar-refractivity contribution >= 4 is 39.0 Å². The molecule has 4 nitrogen and oxygen atoms in total. The third-order valence-corrected chi connectivity index (χ3v) is 5.08. The van der Waals surface area contributed by atoms with E-state index in [0.717, 1.165) is 42.2 Å². The summed E-state index contributed by atoms with van der Waals surface area (Å²) in [5.74, 6) is 0.991. The fraction of sp³-hybridized carbons (Fsp3) is 0.571. The molecule has 3 heterocycles. The molecule has 1 unspecified atom stereocenters. The molecule has 0 N–H and O–H groups in total. The predicted molar refractivity (Wildman–Crippen MR) is 86.0 cm³/mol. The van der Waals surface area contributed by atoms with Crippen LogP contribution in [0.3, 0.4) is 0 Å². The summed E-state index contributed by atoms with van der Waals surface area (Å²) in [6, 6.07) is 2.75. The third-order valence-electron chi connectivity index (χ3n) is 4.11. The molecule has 0 bridgehead atoms. The Morgan fingerprint density at radius 1 is 1.30 bits per heavy atom. The van der Waals surface area contributed by atoms with E-state index in [2.05, 4.69) is 45.1 Å². The summed E-state index contributed by atoms with van der Waals surface area (Å²) in [6.45, 7) is 8.72. The molecule has 20 heavy (non-hydrogen) atoms. The molecule has 1 aliphatic heterocycles. The molecule has 2 aromatic rings. The quantitative estimate of drug-likeness (QED) is 0.815. The van der Waals surface area contributed by atoms with Crippen molar-refractivity contribution in [3.8, 4) is 0 Å². The standard InChI is InChI=1S/C14H19ClN4S/c1-3-10(2)18-5-7-19(8-6-18)12-11-4-9-20-13(11)17-14(15)16-12/h4,9-10H,3,5-8H2,1-2H3. The zero-order chi connectivity index (χ0) is 14.1. The first-order valence-corrected chi connectivity index (χ1v) is 8.34. The smallest absolute Gasteiger partial charge is 0.225 e. The molecule has 1 atom stereocenters. The van der Waals surface area contributed by atoms with Crippen molar-refractivity contribution in [3.63, 3.8) is 0 Å². The van der Waals surface area contributed by atoms with Gasteiger partial charge in [0.1, 0.15) is 10.6 Å². The maximum absolute atomic E-state index is 6.05. The summed E-state index contributed by atoms with van der Waals surface area (Å²) >= 11 is 7.66. The number of hydrogen-bond donors (Lipinski definition) is 0. The molecule has 1 aliphatic rings. The monoisotopic (exact) mass is 310 g/mol. The highest BCUT2D eigenvalue weighted by atomic mass is 35.5. The van der Waals surface area contributed by atoms with Crippen LogP contribution in [0.4, 0.5) is 5.82 Å². The summed E-state index contributed by atoms with van der Waals surface area (Å²) < 4.78 is 0. The predicted octanol–water partition coefficient (Wildman–Crippen LogP) is 3.27. The minimum absolute atomic E-state index is 0.347. The summed E-state index contributed by atoms with van der Waals surface area (Å²) in [5.41, 5.74) is 0. The van der Waals surface area contributed by atoms with Crippen LogP contribution in [0.5, 0.6) is 0 Å². The van der Waals surface area contributed by atoms with Crippen LogP contribution in [-0.4, -0.2) is 47.1 Å². The number of fused-ring (bicyclic) bond motifs is 1. The number of thiophene rings is 1. The van der Waals surface area contributed by atoms with Crippen molar-refractivity contribution in [2.75, 3.05) is 31.1 Å². The highest BCUT2D eigenvalue weighted by Gasteiger charge is 2.23. The highest BCUT2D eigenvalue weighted by molar-refractivity contribution is 7.16. The van der Waals surface area contributed by atoms with E-state index in [4.69, 9.17) is 11.6 Å². The van der Waals surface area contributed by atoms with Crippen LogP contribution in [0.15, 0.2) is 11.4 Å². The molecule has 1 fully saturated rings. The Labute approximate surface area is 128 Å². The van der Waals surface area contributed by atoms with Gasteiger partial charge in [-0.3, -0.25) is 4.90 Å². The highest BCUT2D eigenvalue weighted by Crippen LogP contribution is 2.29. The van der Waals surface area contributed by atoms with E-state index in [-0.39, 0.29) is 0 Å². The molecule has 3 rings (SSSR count). The largest absolute Gasteiger partial charge is 0.353 e. The lowest BCUT2D eigenvalue weighted by Crippen LogP contribution is -2.49. The van der Waals surface area contributed by atoms with Crippen LogP contribution in [0.2, 0.25) is 5.28 Å². The molecule has 6 heteroatoms. The Kier molecular flexibility index (Phi) is 4.10. The van der Waals surface area contributed by atoms with Crippen molar-refractivity contribution < 1.29 is 0 Å². The lowest BCUT2D eigenvalue weighted by molar-refractivity contribution is 0.192. The van der Waals surface area contributed by atoms with Gasteiger partial charge in [-0.1, -0.05) is 6.92 Å². The van der Waals surface area contributed by atoms with Gasteiger partial charge < -0.3 is 4.90 Å². The number of rotatable bonds is 3. The Balaban J connectivity index is 1.81. The molecule has 0 spiro atoms. The lowest BCUT2D eigenvalue weighted by atomic mass is 10.2. The SMILES string of the molecule is CCC(C)N1CCN(c2nc(Cl)nc3sccc23)CC1. The van der Waals surface area contributed by atoms with E-state index < -0.39 is 0 Å². The number of hydrogen-bond acceptors (Lipinski definition) is 5. The molecule has 1 saturated heterocycles. The van der Waals surface area contributed by atoms with Crippen molar-refractivity contribution in [1.29, 1.82) is 0 Å². The molecule has 0 radical (unpaired) electrons. The molecule has 108 valence electrons. The van der Waals surface area contributed by atoms with Gasteiger partial charge in [0, 0.05) is 32.2 Å². The molecular formula is C14H19ClN4S. The number of aromatic nitrogens is 2. The summed E-state index contributed by atoms with van der Waals surface area (Å²) in [4.78, 5) is 14.6. The number of halogens is 1. The normalized spacial score (nSPS) is 18.6. The number of piperazine rings is 1. The first-order valence-electron chi connectivity index (χ1n) is 7.08. The Morgan fingerprint density at radius 3 is 2.75 bits per heavy atom. The van der Waals surface area contributed by atoms with Gasteiger partial charge in [-0.2, -0.15) is 4.98 Å². The fourth-order valence-electron chi connectivity index (χ4n) is 2.69. The van der Waals surface area contributed by atoms with Crippen LogP contribution in [0.25, 0.3) is 10.2 Å². The second kappa shape index (κ2) is 5.84. The van der Waals surface area contributed by atoms with E-state index in [1.54, 1.807) is 11.3 Å². The van der Waals surface area contributed by atoms with E-state index in [9.17, 15) is 0 Å². The van der Waals surface area contributed by atoms with Gasteiger partial charge in [-0.15, -0.1) is 11.3 Å². The van der Waals surface area contributed by atoms with Crippen molar-refractivity contribution in [3.05, 3.63) is 16.7 Å². The van der Waals surface area contributed by atoms with Crippen LogP contribution in [0.1, 0.15) is 20.3 Å². The molecular weight excluding hydrogens is 292 g/mol. The summed E-state index contributed by atoms with van der Waals surface area (Å²) in [7, 11) is 0. The van der Waals surface area contributed by atoms with E-state index in [1.165, 1.54) is 6.42 Å². The Morgan fingerprint density at radius 2 is 2.05 bits per heavy atom. The molecule has 0 amide bonds. The second-order valence-corrected chi connectivity index (χ2v) is 6.47. The van der Waals surface area contributed by atoms with Crippen LogP contribution >= 0.6 is 22.9 Å². The fourth-order valence-corrected chi connectivity index (χ4v) is 3.66. The van der Waals surface area contributed by atoms with Crippen molar-refractivity contribution in [2.45, 2.75) is 26.3 Å². The molecule has 2 aromatic heterocycles. The molecule has 0 aliphatic carbocycles. The van der Waals surface area contributed by atoms with Crippen molar-refractivity contribution in [1.82, 2.24) is 14.9 Å². The van der Waals surface area contributed by atoms with Crippen LogP contribution in [0, 0.1) is 0 Å². The van der Waals surface area contributed by atoms with Gasteiger partial charge in [0.05, 0.1) is 5.39 Å². The van der Waals surface area contributed by atoms with Gasteiger partial charge in [0.15, 0.2) is 0 Å². The molecule has 0 aromatic carbocycles. The number of anilines is 1. The summed E-state index contributed by atoms with van der Waals surface area (Å²) in [5, 5.41) is 3.52. The zero-order valence-corrected chi connectivity index (χ0v) is 13.4. The van der Waals surface area contributed by atoms with Gasteiger partial charge in [0.25, 0.3) is 0 Å². The van der Waals surface area contributed by atoms with E-state index in [0.29, 0.717) is 11.3 Å². The molecule has 0 saturated carbocycles. The topological polar surface area (TPSA) is 32.3 Å². The van der Waals surface area contributed by atoms with Crippen molar-refractivity contribution in [2.24, 2.45) is 0 Å². The Hall–Kier alpha value is -0.910. The van der Waals surface area contributed by atoms with Gasteiger partial charge in [0.2, 0.25) is 5.28 Å². The average Bonchev–Trinajstić information content (AvgIpc) is 2.94. The van der Waals surface area contributed by atoms with Crippen LogP contribution < -0.4 is 4.90 Å². The van der Waals surface area contributed by atoms with Gasteiger partial charge in [-0.25, -0.2) is 4.98 Å². The Bertz CT molecular complexity index is 592. The average molecular weight is 311 g/mol. The number of nitrogens with zero attached hydrogens (tertiary/aromatic N) is 4. The zero-order valence-electron chi connectivity index (χ0n) is 11.8. The summed E-state index contributed by atoms with van der Waals surface area (Å²) in [6.07, 6.45) is 1.20. The first-order chi connectivity index (χ1) is 9.69.